The molecule has 2 rings (SSSR count). The first-order chi connectivity index (χ1) is 8.49. The number of primary amides is 1. The highest BCUT2D eigenvalue weighted by atomic mass is 35.5. The molecule has 0 aromatic heterocycles. The van der Waals surface area contributed by atoms with Gasteiger partial charge in [-0.05, 0) is 19.1 Å². The Morgan fingerprint density at radius 3 is 2.83 bits per heavy atom. The molecule has 6 heteroatoms. The molecule has 1 aromatic rings. The van der Waals surface area contributed by atoms with Crippen molar-refractivity contribution < 1.29 is 19.0 Å². The van der Waals surface area contributed by atoms with Gasteiger partial charge in [0, 0.05) is 10.6 Å². The van der Waals surface area contributed by atoms with Gasteiger partial charge < -0.3 is 19.9 Å². The standard InChI is InChI=1S/C12H14ClNO4/c1-12(8-2-4-9(13)5-3-8)17-7-10(18-12)6-16-11(14)15/h2-5,10H,6-7H2,1H3,(H2,14,15)/t10-,12+/m1/s1. The van der Waals surface area contributed by atoms with Crippen LogP contribution in [-0.4, -0.2) is 25.4 Å². The zero-order valence-electron chi connectivity index (χ0n) is 9.89. The second-order valence-electron chi connectivity index (χ2n) is 4.13. The second kappa shape index (κ2) is 5.14. The Labute approximate surface area is 110 Å². The van der Waals surface area contributed by atoms with Gasteiger partial charge in [0.25, 0.3) is 0 Å². The lowest BCUT2D eigenvalue weighted by atomic mass is 10.1. The van der Waals surface area contributed by atoms with Gasteiger partial charge in [0.1, 0.15) is 12.7 Å². The number of hydrogen-bond acceptors (Lipinski definition) is 4. The number of ether oxygens (including phenoxy) is 3. The van der Waals surface area contributed by atoms with E-state index in [0.717, 1.165) is 5.56 Å². The third-order valence-electron chi connectivity index (χ3n) is 2.72. The smallest absolute Gasteiger partial charge is 0.404 e. The fraction of sp³-hybridized carbons (Fsp3) is 0.417. The van der Waals surface area contributed by atoms with Gasteiger partial charge in [-0.25, -0.2) is 4.79 Å². The Hall–Kier alpha value is -1.30. The number of rotatable bonds is 3. The molecule has 0 spiro atoms. The number of carbonyl (C=O) groups excluding carboxylic acids is 1. The third-order valence-corrected chi connectivity index (χ3v) is 2.97. The van der Waals surface area contributed by atoms with Crippen molar-refractivity contribution in [3.63, 3.8) is 0 Å². The average molecular weight is 272 g/mol. The summed E-state index contributed by atoms with van der Waals surface area (Å²) in [6.45, 7) is 2.23. The Balaban J connectivity index is 2.01. The van der Waals surface area contributed by atoms with Crippen LogP contribution in [0.2, 0.25) is 5.02 Å². The lowest BCUT2D eigenvalue weighted by Crippen LogP contribution is -2.27. The Kier molecular flexibility index (Phi) is 3.75. The molecule has 18 heavy (non-hydrogen) atoms. The van der Waals surface area contributed by atoms with Gasteiger partial charge >= 0.3 is 6.09 Å². The first kappa shape index (κ1) is 13.1. The van der Waals surface area contributed by atoms with Gasteiger partial charge in [-0.3, -0.25) is 0 Å². The van der Waals surface area contributed by atoms with Gasteiger partial charge in [0.2, 0.25) is 0 Å². The summed E-state index contributed by atoms with van der Waals surface area (Å²) in [4.78, 5) is 10.5. The monoisotopic (exact) mass is 271 g/mol. The molecule has 1 saturated heterocycles. The van der Waals surface area contributed by atoms with Crippen LogP contribution < -0.4 is 5.73 Å². The molecule has 2 atom stereocenters. The molecule has 0 bridgehead atoms. The highest BCUT2D eigenvalue weighted by molar-refractivity contribution is 6.30. The summed E-state index contributed by atoms with van der Waals surface area (Å²) in [5, 5.41) is 0.647. The van der Waals surface area contributed by atoms with E-state index in [9.17, 15) is 4.79 Å². The van der Waals surface area contributed by atoms with E-state index in [4.69, 9.17) is 26.8 Å². The molecule has 1 fully saturated rings. The molecule has 2 N–H and O–H groups in total. The lowest BCUT2D eigenvalue weighted by molar-refractivity contribution is -0.165. The van der Waals surface area contributed by atoms with E-state index in [1.807, 2.05) is 12.1 Å². The van der Waals surface area contributed by atoms with Crippen LogP contribution in [0, 0.1) is 0 Å². The Morgan fingerprint density at radius 1 is 1.56 bits per heavy atom. The van der Waals surface area contributed by atoms with E-state index in [1.54, 1.807) is 19.1 Å². The summed E-state index contributed by atoms with van der Waals surface area (Å²) in [6, 6.07) is 7.20. The molecule has 1 aliphatic heterocycles. The van der Waals surface area contributed by atoms with Gasteiger partial charge in [-0.2, -0.15) is 0 Å². The molecule has 0 radical (unpaired) electrons. The van der Waals surface area contributed by atoms with Gasteiger partial charge in [-0.1, -0.05) is 23.7 Å². The van der Waals surface area contributed by atoms with Gasteiger partial charge in [0.15, 0.2) is 5.79 Å². The number of amides is 1. The van der Waals surface area contributed by atoms with Crippen LogP contribution in [0.3, 0.4) is 0 Å². The molecule has 0 aliphatic carbocycles. The summed E-state index contributed by atoms with van der Waals surface area (Å²) in [5.41, 5.74) is 5.75. The summed E-state index contributed by atoms with van der Waals surface area (Å²) in [6.07, 6.45) is -1.14. The van der Waals surface area contributed by atoms with Crippen LogP contribution in [0.25, 0.3) is 0 Å². The van der Waals surface area contributed by atoms with Crippen molar-refractivity contribution >= 4 is 17.7 Å². The molecule has 0 saturated carbocycles. The second-order valence-corrected chi connectivity index (χ2v) is 4.57. The minimum absolute atomic E-state index is 0.0819. The lowest BCUT2D eigenvalue weighted by Gasteiger charge is -2.23. The highest BCUT2D eigenvalue weighted by Gasteiger charge is 2.39. The fourth-order valence-corrected chi connectivity index (χ4v) is 1.93. The fourth-order valence-electron chi connectivity index (χ4n) is 1.80. The van der Waals surface area contributed by atoms with E-state index in [1.165, 1.54) is 0 Å². The van der Waals surface area contributed by atoms with Crippen molar-refractivity contribution in [2.24, 2.45) is 5.73 Å². The summed E-state index contributed by atoms with van der Waals surface area (Å²) >= 11 is 5.82. The number of benzene rings is 1. The number of nitrogens with two attached hydrogens (primary N) is 1. The maximum atomic E-state index is 10.5. The maximum Gasteiger partial charge on any atom is 0.404 e. The van der Waals surface area contributed by atoms with Crippen molar-refractivity contribution in [2.45, 2.75) is 18.8 Å². The van der Waals surface area contributed by atoms with Crippen LogP contribution in [0.5, 0.6) is 0 Å². The van der Waals surface area contributed by atoms with E-state index in [2.05, 4.69) is 4.74 Å². The predicted octanol–water partition coefficient (Wildman–Crippen LogP) is 2.02. The van der Waals surface area contributed by atoms with Crippen molar-refractivity contribution in [3.8, 4) is 0 Å². The van der Waals surface area contributed by atoms with Gasteiger partial charge in [0.05, 0.1) is 6.61 Å². The first-order valence-electron chi connectivity index (χ1n) is 5.50. The molecule has 1 amide bonds. The van der Waals surface area contributed by atoms with Crippen LogP contribution in [-0.2, 0) is 20.0 Å². The maximum absolute atomic E-state index is 10.5. The molecule has 1 aromatic carbocycles. The first-order valence-corrected chi connectivity index (χ1v) is 5.87. The van der Waals surface area contributed by atoms with Crippen molar-refractivity contribution in [1.82, 2.24) is 0 Å². The van der Waals surface area contributed by atoms with E-state index >= 15 is 0 Å². The van der Waals surface area contributed by atoms with Crippen LogP contribution in [0.4, 0.5) is 4.79 Å². The summed E-state index contributed by atoms with van der Waals surface area (Å²) in [7, 11) is 0. The van der Waals surface area contributed by atoms with Crippen molar-refractivity contribution in [2.75, 3.05) is 13.2 Å². The third kappa shape index (κ3) is 2.93. The SMILES string of the molecule is C[C@]1(c2ccc(Cl)cc2)OC[C@@H](COC(N)=O)O1. The quantitative estimate of drug-likeness (QED) is 0.913. The molecular weight excluding hydrogens is 258 g/mol. The molecule has 5 nitrogen and oxygen atoms in total. The van der Waals surface area contributed by atoms with Crippen molar-refractivity contribution in [1.29, 1.82) is 0 Å². The molecule has 1 aliphatic rings. The van der Waals surface area contributed by atoms with E-state index in [0.29, 0.717) is 11.6 Å². The zero-order valence-corrected chi connectivity index (χ0v) is 10.6. The van der Waals surface area contributed by atoms with Crippen LogP contribution in [0.15, 0.2) is 24.3 Å². The van der Waals surface area contributed by atoms with Gasteiger partial charge in [-0.15, -0.1) is 0 Å². The van der Waals surface area contributed by atoms with Crippen LogP contribution in [0.1, 0.15) is 12.5 Å². The van der Waals surface area contributed by atoms with E-state index < -0.39 is 11.9 Å². The predicted molar refractivity (Wildman–Crippen MR) is 65.2 cm³/mol. The van der Waals surface area contributed by atoms with E-state index in [-0.39, 0.29) is 12.7 Å². The van der Waals surface area contributed by atoms with Crippen LogP contribution >= 0.6 is 11.6 Å². The number of carbonyl (C=O) groups is 1. The Bertz CT molecular complexity index is 436. The molecular formula is C12H14ClNO4. The summed E-state index contributed by atoms with van der Waals surface area (Å²) in [5.74, 6) is -0.851. The minimum Gasteiger partial charge on any atom is -0.447 e. The zero-order chi connectivity index (χ0) is 13.2. The largest absolute Gasteiger partial charge is 0.447 e. The summed E-state index contributed by atoms with van der Waals surface area (Å²) < 4.78 is 16.0. The molecule has 98 valence electrons. The van der Waals surface area contributed by atoms with Crippen molar-refractivity contribution in [3.05, 3.63) is 34.9 Å². The molecule has 0 unspecified atom stereocenters. The topological polar surface area (TPSA) is 70.8 Å². The Morgan fingerprint density at radius 2 is 2.22 bits per heavy atom. The normalized spacial score (nSPS) is 27.1. The number of hydrogen-bond donors (Lipinski definition) is 1. The minimum atomic E-state index is -0.851. The average Bonchev–Trinajstić information content (AvgIpc) is 2.71. The molecule has 1 heterocycles. The number of halogens is 1. The highest BCUT2D eigenvalue weighted by Crippen LogP contribution is 2.34.